The van der Waals surface area contributed by atoms with Crippen LogP contribution >= 0.6 is 11.3 Å². The van der Waals surface area contributed by atoms with Gasteiger partial charge < -0.3 is 10.3 Å². The molecule has 0 unspecified atom stereocenters. The monoisotopic (exact) mass is 407 g/mol. The van der Waals surface area contributed by atoms with Gasteiger partial charge in [-0.3, -0.25) is 4.90 Å². The molecule has 1 atom stereocenters. The van der Waals surface area contributed by atoms with Gasteiger partial charge in [-0.1, -0.05) is 30.7 Å². The minimum Gasteiger partial charge on any atom is -0.345 e. The van der Waals surface area contributed by atoms with Crippen molar-refractivity contribution in [1.82, 2.24) is 24.8 Å². The maximum Gasteiger partial charge on any atom is 0.189 e. The van der Waals surface area contributed by atoms with E-state index >= 15 is 0 Å². The lowest BCUT2D eigenvalue weighted by molar-refractivity contribution is 0.242. The van der Waals surface area contributed by atoms with Crippen molar-refractivity contribution >= 4 is 22.3 Å². The number of thiazole rings is 1. The number of rotatable bonds is 8. The summed E-state index contributed by atoms with van der Waals surface area (Å²) in [5.41, 5.74) is 2.24. The van der Waals surface area contributed by atoms with Crippen LogP contribution in [-0.2, 0) is 13.0 Å². The van der Waals surface area contributed by atoms with E-state index in [1.165, 1.54) is 29.9 Å². The first kappa shape index (κ1) is 19.6. The minimum absolute atomic E-state index is 0.296. The number of pyridine rings is 1. The van der Waals surface area contributed by atoms with Gasteiger partial charge in [0.15, 0.2) is 5.13 Å². The molecule has 1 aliphatic heterocycles. The summed E-state index contributed by atoms with van der Waals surface area (Å²) in [6.07, 6.45) is 9.17. The van der Waals surface area contributed by atoms with Gasteiger partial charge in [0.25, 0.3) is 0 Å². The summed E-state index contributed by atoms with van der Waals surface area (Å²) in [6, 6.07) is 8.46. The fourth-order valence-corrected chi connectivity index (χ4v) is 4.35. The van der Waals surface area contributed by atoms with E-state index in [0.717, 1.165) is 49.7 Å². The molecule has 2 N–H and O–H groups in total. The molecule has 0 saturated carbocycles. The maximum atomic E-state index is 8.96. The minimum atomic E-state index is 0.296. The van der Waals surface area contributed by atoms with Gasteiger partial charge in [0, 0.05) is 24.9 Å². The number of aryl methyl sites for hydroxylation is 1. The molecule has 150 valence electrons. The van der Waals surface area contributed by atoms with E-state index in [4.69, 9.17) is 10.2 Å². The van der Waals surface area contributed by atoms with E-state index in [1.54, 1.807) is 6.20 Å². The average Bonchev–Trinajstić information content (AvgIpc) is 3.48. The van der Waals surface area contributed by atoms with Crippen molar-refractivity contribution in [3.8, 4) is 6.07 Å². The van der Waals surface area contributed by atoms with Crippen LogP contribution in [0.4, 0.5) is 10.9 Å². The number of H-pyrrole nitrogens is 1. The van der Waals surface area contributed by atoms with Gasteiger partial charge in [0.2, 0.25) is 0 Å². The van der Waals surface area contributed by atoms with E-state index < -0.39 is 0 Å². The Labute approximate surface area is 174 Å². The second-order valence-corrected chi connectivity index (χ2v) is 8.33. The lowest BCUT2D eigenvalue weighted by atomic mass is 10.1. The number of hydrogen-bond acceptors (Lipinski definition) is 7. The molecule has 0 amide bonds. The Balaban J connectivity index is 1.44. The summed E-state index contributed by atoms with van der Waals surface area (Å²) < 4.78 is 0. The van der Waals surface area contributed by atoms with E-state index in [0.29, 0.717) is 16.1 Å². The summed E-state index contributed by atoms with van der Waals surface area (Å²) in [7, 11) is 0. The van der Waals surface area contributed by atoms with Crippen LogP contribution in [0.2, 0.25) is 0 Å². The third-order valence-electron chi connectivity index (χ3n) is 5.15. The second kappa shape index (κ2) is 9.16. The summed E-state index contributed by atoms with van der Waals surface area (Å²) in [4.78, 5) is 20.1. The molecule has 29 heavy (non-hydrogen) atoms. The van der Waals surface area contributed by atoms with Crippen molar-refractivity contribution in [1.29, 1.82) is 5.26 Å². The van der Waals surface area contributed by atoms with Crippen molar-refractivity contribution in [2.24, 2.45) is 0 Å². The molecular weight excluding hydrogens is 382 g/mol. The smallest absolute Gasteiger partial charge is 0.189 e. The lowest BCUT2D eigenvalue weighted by Crippen LogP contribution is -2.23. The van der Waals surface area contributed by atoms with Crippen LogP contribution in [0.5, 0.6) is 0 Å². The first-order valence-electron chi connectivity index (χ1n) is 10.1. The first-order chi connectivity index (χ1) is 14.2. The van der Waals surface area contributed by atoms with Gasteiger partial charge in [-0.05, 0) is 37.9 Å². The highest BCUT2D eigenvalue weighted by molar-refractivity contribution is 7.16. The average molecular weight is 408 g/mol. The zero-order chi connectivity index (χ0) is 20.1. The SMILES string of the molecule is CCCCc1ncc(CN2CCC[C@H]2c2cccc(Nc3ncc(C#N)s3)n2)[nH]1. The van der Waals surface area contributed by atoms with Crippen LogP contribution in [0.15, 0.2) is 30.6 Å². The number of imidazole rings is 1. The molecule has 0 aromatic carbocycles. The molecule has 0 bridgehead atoms. The molecule has 1 fully saturated rings. The van der Waals surface area contributed by atoms with Crippen molar-refractivity contribution in [3.63, 3.8) is 0 Å². The molecule has 0 aliphatic carbocycles. The molecule has 0 spiro atoms. The molecule has 0 radical (unpaired) electrons. The fourth-order valence-electron chi connectivity index (χ4n) is 3.73. The number of nitriles is 1. The summed E-state index contributed by atoms with van der Waals surface area (Å²) in [5, 5.41) is 12.9. The lowest BCUT2D eigenvalue weighted by Gasteiger charge is -2.23. The summed E-state index contributed by atoms with van der Waals surface area (Å²) in [6.45, 7) is 4.12. The largest absolute Gasteiger partial charge is 0.345 e. The molecule has 3 aromatic rings. The third kappa shape index (κ3) is 4.81. The predicted octanol–water partition coefficient (Wildman–Crippen LogP) is 4.56. The number of likely N-dealkylation sites (tertiary alicyclic amines) is 1. The predicted molar refractivity (Wildman–Crippen MR) is 114 cm³/mol. The van der Waals surface area contributed by atoms with Gasteiger partial charge in [0.1, 0.15) is 22.6 Å². The molecule has 4 rings (SSSR count). The van der Waals surface area contributed by atoms with Gasteiger partial charge in [-0.25, -0.2) is 15.0 Å². The molecule has 1 saturated heterocycles. The van der Waals surface area contributed by atoms with Gasteiger partial charge in [0.05, 0.1) is 17.9 Å². The van der Waals surface area contributed by atoms with Gasteiger partial charge >= 0.3 is 0 Å². The van der Waals surface area contributed by atoms with Crippen LogP contribution in [0.3, 0.4) is 0 Å². The molecule has 3 aromatic heterocycles. The topological polar surface area (TPSA) is 93.5 Å². The number of aromatic nitrogens is 4. The van der Waals surface area contributed by atoms with E-state index in [1.807, 2.05) is 18.3 Å². The van der Waals surface area contributed by atoms with Gasteiger partial charge in [-0.15, -0.1) is 0 Å². The van der Waals surface area contributed by atoms with Crippen LogP contribution in [0, 0.1) is 11.3 Å². The van der Waals surface area contributed by atoms with E-state index in [-0.39, 0.29) is 0 Å². The van der Waals surface area contributed by atoms with Crippen molar-refractivity contribution in [2.75, 3.05) is 11.9 Å². The van der Waals surface area contributed by atoms with E-state index in [2.05, 4.69) is 44.2 Å². The Morgan fingerprint density at radius 1 is 1.34 bits per heavy atom. The standard InChI is InChI=1S/C21H25N7S/c1-2-3-8-19-23-12-15(25-19)14-28-10-5-7-18(28)17-6-4-9-20(26-17)27-21-24-13-16(11-22)29-21/h4,6,9,12-13,18H,2-3,5,7-8,10,14H2,1H3,(H,23,25)(H,24,26,27)/t18-/m0/s1. The van der Waals surface area contributed by atoms with Crippen LogP contribution in [0.25, 0.3) is 0 Å². The van der Waals surface area contributed by atoms with Crippen molar-refractivity contribution < 1.29 is 0 Å². The fraction of sp³-hybridized carbons (Fsp3) is 0.429. The highest BCUT2D eigenvalue weighted by atomic mass is 32.1. The number of aromatic amines is 1. The number of nitrogens with one attached hydrogen (secondary N) is 2. The molecule has 8 heteroatoms. The normalized spacial score (nSPS) is 16.8. The van der Waals surface area contributed by atoms with E-state index in [9.17, 15) is 0 Å². The van der Waals surface area contributed by atoms with Crippen LogP contribution in [0.1, 0.15) is 60.7 Å². The number of hydrogen-bond donors (Lipinski definition) is 2. The van der Waals surface area contributed by atoms with Crippen LogP contribution < -0.4 is 5.32 Å². The summed E-state index contributed by atoms with van der Waals surface area (Å²) in [5.74, 6) is 1.85. The molecular formula is C21H25N7S. The highest BCUT2D eigenvalue weighted by Crippen LogP contribution is 2.33. The zero-order valence-corrected chi connectivity index (χ0v) is 17.4. The highest BCUT2D eigenvalue weighted by Gasteiger charge is 2.27. The van der Waals surface area contributed by atoms with Crippen LogP contribution in [-0.4, -0.2) is 31.4 Å². The molecule has 4 heterocycles. The first-order valence-corrected chi connectivity index (χ1v) is 10.9. The van der Waals surface area contributed by atoms with Crippen molar-refractivity contribution in [2.45, 2.75) is 51.6 Å². The van der Waals surface area contributed by atoms with Gasteiger partial charge in [-0.2, -0.15) is 5.26 Å². The van der Waals surface area contributed by atoms with Crippen molar-refractivity contribution in [3.05, 3.63) is 52.7 Å². The quantitative estimate of drug-likeness (QED) is 0.569. The maximum absolute atomic E-state index is 8.96. The Hall–Kier alpha value is -2.76. The second-order valence-electron chi connectivity index (χ2n) is 7.30. The molecule has 7 nitrogen and oxygen atoms in total. The summed E-state index contributed by atoms with van der Waals surface area (Å²) >= 11 is 1.33. The Morgan fingerprint density at radius 2 is 2.28 bits per heavy atom. The molecule has 1 aliphatic rings. The number of anilines is 2. The third-order valence-corrected chi connectivity index (χ3v) is 5.97. The number of nitrogens with zero attached hydrogens (tertiary/aromatic N) is 5. The Morgan fingerprint density at radius 3 is 3.10 bits per heavy atom. The Kier molecular flexibility index (Phi) is 6.17. The Bertz CT molecular complexity index is 987. The number of unbranched alkanes of at least 4 members (excludes halogenated alkanes) is 1. The zero-order valence-electron chi connectivity index (χ0n) is 16.6.